The highest BCUT2D eigenvalue weighted by molar-refractivity contribution is 9.10. The number of anilines is 1. The number of benzene rings is 1. The molecule has 1 aromatic carbocycles. The monoisotopic (exact) mass is 437 g/mol. The van der Waals surface area contributed by atoms with Crippen molar-refractivity contribution in [1.82, 2.24) is 9.55 Å². The van der Waals surface area contributed by atoms with Gasteiger partial charge >= 0.3 is 5.69 Å². The highest BCUT2D eigenvalue weighted by Gasteiger charge is 2.20. The Hall–Kier alpha value is -1.64. The third-order valence-corrected chi connectivity index (χ3v) is 5.79. The Labute approximate surface area is 164 Å². The molecule has 8 heteroatoms. The van der Waals surface area contributed by atoms with E-state index >= 15 is 0 Å². The zero-order valence-corrected chi connectivity index (χ0v) is 16.6. The average Bonchev–Trinajstić information content (AvgIpc) is 2.64. The summed E-state index contributed by atoms with van der Waals surface area (Å²) in [7, 11) is 0. The Bertz CT molecular complexity index is 852. The number of aliphatic hydroxyl groups excluding tert-OH is 1. The number of aromatic nitrogens is 2. The van der Waals surface area contributed by atoms with E-state index in [-0.39, 0.29) is 30.5 Å². The number of hydrogen-bond acceptors (Lipinski definition) is 5. The van der Waals surface area contributed by atoms with Gasteiger partial charge in [-0.1, -0.05) is 27.7 Å². The minimum Gasteiger partial charge on any atom is -0.395 e. The molecule has 26 heavy (non-hydrogen) atoms. The summed E-state index contributed by atoms with van der Waals surface area (Å²) >= 11 is 4.66. The van der Waals surface area contributed by atoms with E-state index in [1.54, 1.807) is 4.57 Å². The van der Waals surface area contributed by atoms with E-state index in [1.165, 1.54) is 11.8 Å². The van der Waals surface area contributed by atoms with E-state index < -0.39 is 0 Å². The molecule has 0 spiro atoms. The second-order valence-electron chi connectivity index (χ2n) is 6.05. The smallest absolute Gasteiger partial charge is 0.348 e. The lowest BCUT2D eigenvalue weighted by molar-refractivity contribution is -0.113. The molecule has 0 saturated carbocycles. The number of carbonyl (C=O) groups excluding carboxylic acids is 1. The fraction of sp³-hybridized carbons (Fsp3) is 0.389. The van der Waals surface area contributed by atoms with Crippen LogP contribution in [0.5, 0.6) is 0 Å². The van der Waals surface area contributed by atoms with Crippen LogP contribution in [0.25, 0.3) is 0 Å². The molecule has 1 aliphatic carbocycles. The van der Waals surface area contributed by atoms with Crippen LogP contribution in [0, 0.1) is 0 Å². The lowest BCUT2D eigenvalue weighted by Crippen LogP contribution is -2.31. The van der Waals surface area contributed by atoms with Crippen LogP contribution in [0.2, 0.25) is 0 Å². The summed E-state index contributed by atoms with van der Waals surface area (Å²) in [5, 5.41) is 12.7. The summed E-state index contributed by atoms with van der Waals surface area (Å²) in [5.41, 5.74) is 2.38. The number of thioether (sulfide) groups is 1. The minimum absolute atomic E-state index is 0.0872. The van der Waals surface area contributed by atoms with Crippen LogP contribution in [-0.2, 0) is 24.2 Å². The maximum Gasteiger partial charge on any atom is 0.348 e. The van der Waals surface area contributed by atoms with Gasteiger partial charge in [0.1, 0.15) is 5.03 Å². The molecule has 0 fully saturated rings. The first-order valence-electron chi connectivity index (χ1n) is 8.50. The molecule has 1 heterocycles. The Morgan fingerprint density at radius 2 is 2.00 bits per heavy atom. The number of fused-ring (bicyclic) bond motifs is 1. The summed E-state index contributed by atoms with van der Waals surface area (Å²) in [5.74, 6) is 0.0575. The SMILES string of the molecule is O=C(CSc1nc(=O)n(CCO)c2c1CCCC2)Nc1ccc(Br)cc1. The van der Waals surface area contributed by atoms with Gasteiger partial charge in [0.15, 0.2) is 0 Å². The molecular formula is C18H20BrN3O3S. The van der Waals surface area contributed by atoms with Crippen molar-refractivity contribution in [2.24, 2.45) is 0 Å². The maximum absolute atomic E-state index is 12.3. The molecule has 0 atom stereocenters. The fourth-order valence-corrected chi connectivity index (χ4v) is 4.20. The number of amides is 1. The Morgan fingerprint density at radius 1 is 1.27 bits per heavy atom. The van der Waals surface area contributed by atoms with Gasteiger partial charge in [-0.3, -0.25) is 9.36 Å². The van der Waals surface area contributed by atoms with Crippen molar-refractivity contribution >= 4 is 39.3 Å². The van der Waals surface area contributed by atoms with Crippen molar-refractivity contribution in [3.63, 3.8) is 0 Å². The van der Waals surface area contributed by atoms with Gasteiger partial charge in [0.2, 0.25) is 5.91 Å². The predicted molar refractivity (Wildman–Crippen MR) is 106 cm³/mol. The summed E-state index contributed by atoms with van der Waals surface area (Å²) in [6.07, 6.45) is 3.73. The van der Waals surface area contributed by atoms with Crippen molar-refractivity contribution in [2.75, 3.05) is 17.7 Å². The first-order valence-corrected chi connectivity index (χ1v) is 10.3. The average molecular weight is 438 g/mol. The first kappa shape index (κ1) is 19.1. The second-order valence-corrected chi connectivity index (χ2v) is 7.93. The molecule has 2 aromatic rings. The van der Waals surface area contributed by atoms with Crippen molar-refractivity contribution in [3.05, 3.63) is 50.5 Å². The van der Waals surface area contributed by atoms with Crippen molar-refractivity contribution in [3.8, 4) is 0 Å². The first-order chi connectivity index (χ1) is 12.6. The van der Waals surface area contributed by atoms with E-state index in [4.69, 9.17) is 0 Å². The van der Waals surface area contributed by atoms with E-state index in [1.807, 2.05) is 24.3 Å². The number of rotatable bonds is 6. The number of nitrogens with zero attached hydrogens (tertiary/aromatic N) is 2. The zero-order valence-electron chi connectivity index (χ0n) is 14.2. The normalized spacial score (nSPS) is 13.3. The molecule has 138 valence electrons. The van der Waals surface area contributed by atoms with Crippen molar-refractivity contribution < 1.29 is 9.90 Å². The van der Waals surface area contributed by atoms with E-state index in [2.05, 4.69) is 26.2 Å². The van der Waals surface area contributed by atoms with Gasteiger partial charge in [-0.2, -0.15) is 4.98 Å². The standard InChI is InChI=1S/C18H20BrN3O3S/c19-12-5-7-13(8-6-12)20-16(24)11-26-17-14-3-1-2-4-15(14)22(9-10-23)18(25)21-17/h5-8,23H,1-4,9-11H2,(H,20,24). The minimum atomic E-state index is -0.351. The molecule has 2 N–H and O–H groups in total. The third-order valence-electron chi connectivity index (χ3n) is 4.24. The number of halogens is 1. The van der Waals surface area contributed by atoms with Gasteiger partial charge in [-0.05, 0) is 49.9 Å². The molecule has 0 aliphatic heterocycles. The quantitative estimate of drug-likeness (QED) is 0.535. The van der Waals surface area contributed by atoms with Gasteiger partial charge < -0.3 is 10.4 Å². The van der Waals surface area contributed by atoms with Crippen LogP contribution < -0.4 is 11.0 Å². The molecule has 1 amide bonds. The van der Waals surface area contributed by atoms with Crippen molar-refractivity contribution in [1.29, 1.82) is 0 Å². The molecular weight excluding hydrogens is 418 g/mol. The molecule has 6 nitrogen and oxygen atoms in total. The lowest BCUT2D eigenvalue weighted by atomic mass is 9.97. The fourth-order valence-electron chi connectivity index (χ4n) is 3.06. The third kappa shape index (κ3) is 4.55. The molecule has 3 rings (SSSR count). The van der Waals surface area contributed by atoms with E-state index in [0.717, 1.165) is 47.1 Å². The molecule has 0 bridgehead atoms. The van der Waals surface area contributed by atoms with Gasteiger partial charge in [0.25, 0.3) is 0 Å². The number of nitrogens with one attached hydrogen (secondary N) is 1. The van der Waals surface area contributed by atoms with Gasteiger partial charge in [0, 0.05) is 21.4 Å². The van der Waals surface area contributed by atoms with Gasteiger partial charge in [-0.15, -0.1) is 0 Å². The highest BCUT2D eigenvalue weighted by atomic mass is 79.9. The Balaban J connectivity index is 1.73. The largest absolute Gasteiger partial charge is 0.395 e. The molecule has 0 unspecified atom stereocenters. The van der Waals surface area contributed by atoms with E-state index in [0.29, 0.717) is 5.03 Å². The Kier molecular flexibility index (Phi) is 6.50. The van der Waals surface area contributed by atoms with Gasteiger partial charge in [-0.25, -0.2) is 4.79 Å². The van der Waals surface area contributed by atoms with Crippen LogP contribution in [0.3, 0.4) is 0 Å². The van der Waals surface area contributed by atoms with Crippen LogP contribution >= 0.6 is 27.7 Å². The van der Waals surface area contributed by atoms with Crippen LogP contribution in [0.4, 0.5) is 5.69 Å². The Morgan fingerprint density at radius 3 is 2.73 bits per heavy atom. The van der Waals surface area contributed by atoms with Crippen LogP contribution in [-0.4, -0.2) is 32.9 Å². The maximum atomic E-state index is 12.3. The zero-order chi connectivity index (χ0) is 18.5. The molecule has 0 saturated heterocycles. The topological polar surface area (TPSA) is 84.2 Å². The number of aliphatic hydroxyl groups is 1. The molecule has 0 radical (unpaired) electrons. The summed E-state index contributed by atoms with van der Waals surface area (Å²) in [4.78, 5) is 28.7. The van der Waals surface area contributed by atoms with E-state index in [9.17, 15) is 14.7 Å². The van der Waals surface area contributed by atoms with Crippen molar-refractivity contribution in [2.45, 2.75) is 37.3 Å². The molecule has 1 aromatic heterocycles. The van der Waals surface area contributed by atoms with Crippen LogP contribution in [0.1, 0.15) is 24.1 Å². The van der Waals surface area contributed by atoms with Crippen LogP contribution in [0.15, 0.2) is 38.6 Å². The predicted octanol–water partition coefficient (Wildman–Crippen LogP) is 2.61. The molecule has 1 aliphatic rings. The second kappa shape index (κ2) is 8.83. The summed E-state index contributed by atoms with van der Waals surface area (Å²) in [6, 6.07) is 7.37. The lowest BCUT2D eigenvalue weighted by Gasteiger charge is -2.22. The summed E-state index contributed by atoms with van der Waals surface area (Å²) < 4.78 is 2.52. The summed E-state index contributed by atoms with van der Waals surface area (Å²) in [6.45, 7) is 0.180. The van der Waals surface area contributed by atoms with Gasteiger partial charge in [0.05, 0.1) is 18.9 Å². The number of hydrogen-bond donors (Lipinski definition) is 2. The highest BCUT2D eigenvalue weighted by Crippen LogP contribution is 2.28. The number of carbonyl (C=O) groups is 1.